The normalized spacial score (nSPS) is 13.5. The molecule has 5 N–H and O–H groups in total. The maximum absolute atomic E-state index is 14.1. The van der Waals surface area contributed by atoms with E-state index in [9.17, 15) is 24.3 Å². The third-order valence-corrected chi connectivity index (χ3v) is 8.08. The van der Waals surface area contributed by atoms with Gasteiger partial charge in [-0.15, -0.1) is 0 Å². The summed E-state index contributed by atoms with van der Waals surface area (Å²) in [5.74, 6) is -1.51. The second-order valence-corrected chi connectivity index (χ2v) is 12.4. The molecule has 0 radical (unpaired) electrons. The Labute approximate surface area is 288 Å². The zero-order valence-corrected chi connectivity index (χ0v) is 29.0. The van der Waals surface area contributed by atoms with Gasteiger partial charge in [-0.3, -0.25) is 14.6 Å². The molecule has 0 bridgehead atoms. The quantitative estimate of drug-likeness (QED) is 0.142. The van der Waals surface area contributed by atoms with Gasteiger partial charge in [0.05, 0.1) is 32.9 Å². The molecule has 0 aliphatic rings. The largest absolute Gasteiger partial charge is 0.453 e. The Bertz CT molecular complexity index is 1500. The summed E-state index contributed by atoms with van der Waals surface area (Å²) in [4.78, 5) is 51.8. The van der Waals surface area contributed by atoms with Crippen molar-refractivity contribution in [1.82, 2.24) is 26.4 Å². The molecule has 0 spiro atoms. The number of aliphatic hydroxyl groups is 1. The molecular weight excluding hydrogens is 626 g/mol. The Balaban J connectivity index is 1.93. The van der Waals surface area contributed by atoms with E-state index < -0.39 is 48.2 Å². The molecule has 0 fully saturated rings. The first kappa shape index (κ1) is 38.5. The summed E-state index contributed by atoms with van der Waals surface area (Å²) in [7, 11) is 2.44. The van der Waals surface area contributed by atoms with Gasteiger partial charge in [0.2, 0.25) is 5.91 Å². The van der Waals surface area contributed by atoms with Crippen LogP contribution < -0.4 is 21.4 Å². The zero-order valence-electron chi connectivity index (χ0n) is 29.0. The molecule has 0 saturated heterocycles. The summed E-state index contributed by atoms with van der Waals surface area (Å²) in [6, 6.07) is 24.1. The van der Waals surface area contributed by atoms with Gasteiger partial charge in [-0.25, -0.2) is 15.0 Å². The Morgan fingerprint density at radius 1 is 0.714 bits per heavy atom. The second-order valence-electron chi connectivity index (χ2n) is 12.4. The third-order valence-electron chi connectivity index (χ3n) is 8.08. The van der Waals surface area contributed by atoms with E-state index in [2.05, 4.69) is 21.4 Å². The van der Waals surface area contributed by atoms with Crippen LogP contribution >= 0.6 is 0 Å². The number of ether oxygens (including phenoxy) is 2. The minimum Gasteiger partial charge on any atom is -0.453 e. The zero-order chi connectivity index (χ0) is 35.9. The molecule has 0 aliphatic carbocycles. The van der Waals surface area contributed by atoms with Gasteiger partial charge in [-0.1, -0.05) is 113 Å². The van der Waals surface area contributed by atoms with Crippen molar-refractivity contribution in [1.29, 1.82) is 0 Å². The average molecular weight is 676 g/mol. The SMILES string of the molecule is COC(=O)N[C@H](C(=O)N[C@@H](Cc1ccccc1)C(O)CNN(Cc1ccccc1-c1ccccc1)C(=O)[C@@H](NC(=O)OC)C(C)C)C(C)C. The lowest BCUT2D eigenvalue weighted by molar-refractivity contribution is -0.139. The second kappa shape index (κ2) is 19.2. The number of methoxy groups -OCH3 is 2. The smallest absolute Gasteiger partial charge is 0.407 e. The topological polar surface area (TPSA) is 158 Å². The van der Waals surface area contributed by atoms with E-state index in [0.29, 0.717) is 0 Å². The lowest BCUT2D eigenvalue weighted by Crippen LogP contribution is -2.59. The van der Waals surface area contributed by atoms with Crippen molar-refractivity contribution in [3.05, 3.63) is 96.1 Å². The van der Waals surface area contributed by atoms with Crippen molar-refractivity contribution < 1.29 is 33.8 Å². The van der Waals surface area contributed by atoms with Gasteiger partial charge in [-0.2, -0.15) is 0 Å². The highest BCUT2D eigenvalue weighted by atomic mass is 16.5. The van der Waals surface area contributed by atoms with Crippen LogP contribution in [0.4, 0.5) is 9.59 Å². The van der Waals surface area contributed by atoms with Crippen molar-refractivity contribution in [2.75, 3.05) is 20.8 Å². The van der Waals surface area contributed by atoms with Crippen LogP contribution in [0.2, 0.25) is 0 Å². The standard InChI is InChI=1S/C37H49N5O7/c1-24(2)32(40-36(46)48-5)34(44)39-30(21-26-15-9-7-10-16-26)31(43)22-38-42(35(45)33(25(3)4)41-37(47)49-6)23-28-19-13-14-20-29(28)27-17-11-8-12-18-27/h7-20,24-25,30-33,38,43H,21-23H2,1-6H3,(H,39,44)(H,40,46)(H,41,47)/t30-,31?,32-,33-/m0/s1. The molecule has 49 heavy (non-hydrogen) atoms. The number of alkyl carbamates (subject to hydrolysis) is 2. The molecule has 0 aliphatic heterocycles. The monoisotopic (exact) mass is 675 g/mol. The minimum atomic E-state index is -1.19. The molecule has 264 valence electrons. The summed E-state index contributed by atoms with van der Waals surface area (Å²) in [6.07, 6.45) is -2.42. The van der Waals surface area contributed by atoms with Crippen molar-refractivity contribution in [3.63, 3.8) is 0 Å². The predicted molar refractivity (Wildman–Crippen MR) is 187 cm³/mol. The molecule has 1 unspecified atom stereocenters. The highest BCUT2D eigenvalue weighted by molar-refractivity contribution is 5.86. The molecule has 0 heterocycles. The van der Waals surface area contributed by atoms with E-state index in [-0.39, 0.29) is 31.3 Å². The maximum atomic E-state index is 14.1. The van der Waals surface area contributed by atoms with Gasteiger partial charge in [0.1, 0.15) is 12.1 Å². The first-order valence-corrected chi connectivity index (χ1v) is 16.3. The number of benzene rings is 3. The number of hydrazine groups is 1. The van der Waals surface area contributed by atoms with Crippen LogP contribution in [0.25, 0.3) is 11.1 Å². The summed E-state index contributed by atoms with van der Waals surface area (Å²) in [5.41, 5.74) is 6.67. The van der Waals surface area contributed by atoms with E-state index in [1.54, 1.807) is 13.8 Å². The first-order chi connectivity index (χ1) is 23.4. The molecule has 4 atom stereocenters. The number of amides is 4. The molecule has 3 rings (SSSR count). The van der Waals surface area contributed by atoms with Crippen molar-refractivity contribution in [2.24, 2.45) is 11.8 Å². The maximum Gasteiger partial charge on any atom is 0.407 e. The molecular formula is C37H49N5O7. The van der Waals surface area contributed by atoms with E-state index in [1.165, 1.54) is 19.2 Å². The van der Waals surface area contributed by atoms with Gasteiger partial charge in [0, 0.05) is 6.54 Å². The number of nitrogens with zero attached hydrogens (tertiary/aromatic N) is 1. The molecule has 3 aromatic rings. The lowest BCUT2D eigenvalue weighted by Gasteiger charge is -2.33. The van der Waals surface area contributed by atoms with Gasteiger partial charge >= 0.3 is 12.2 Å². The van der Waals surface area contributed by atoms with Crippen molar-refractivity contribution >= 4 is 24.0 Å². The fraction of sp³-hybridized carbons (Fsp3) is 0.405. The van der Waals surface area contributed by atoms with Crippen LogP contribution in [0.1, 0.15) is 38.8 Å². The van der Waals surface area contributed by atoms with Crippen LogP contribution in [0.5, 0.6) is 0 Å². The molecule has 12 nitrogen and oxygen atoms in total. The molecule has 0 saturated carbocycles. The van der Waals surface area contributed by atoms with Crippen LogP contribution in [0.3, 0.4) is 0 Å². The van der Waals surface area contributed by atoms with E-state index in [0.717, 1.165) is 22.3 Å². The van der Waals surface area contributed by atoms with E-state index in [4.69, 9.17) is 9.47 Å². The summed E-state index contributed by atoms with van der Waals surface area (Å²) >= 11 is 0. The molecule has 4 amide bonds. The van der Waals surface area contributed by atoms with Crippen LogP contribution in [0, 0.1) is 11.8 Å². The van der Waals surface area contributed by atoms with E-state index in [1.807, 2.05) is 98.8 Å². The molecule has 0 aromatic heterocycles. The summed E-state index contributed by atoms with van der Waals surface area (Å²) in [5, 5.41) is 21.1. The number of aliphatic hydroxyl groups excluding tert-OH is 1. The Kier molecular flexibility index (Phi) is 15.1. The Morgan fingerprint density at radius 2 is 1.24 bits per heavy atom. The molecule has 3 aromatic carbocycles. The van der Waals surface area contributed by atoms with Gasteiger partial charge in [-0.05, 0) is 40.5 Å². The van der Waals surface area contributed by atoms with Crippen LogP contribution in [-0.4, -0.2) is 79.1 Å². The number of carbonyl (C=O) groups is 4. The van der Waals surface area contributed by atoms with E-state index >= 15 is 0 Å². The minimum absolute atomic E-state index is 0.0941. The fourth-order valence-corrected chi connectivity index (χ4v) is 5.30. The van der Waals surface area contributed by atoms with Gasteiger partial charge in [0.25, 0.3) is 5.91 Å². The molecule has 12 heteroatoms. The van der Waals surface area contributed by atoms with Crippen molar-refractivity contribution in [2.45, 2.75) is 64.9 Å². The van der Waals surface area contributed by atoms with Gasteiger partial charge < -0.3 is 30.5 Å². The Morgan fingerprint density at radius 3 is 1.82 bits per heavy atom. The lowest BCUT2D eigenvalue weighted by atomic mass is 9.98. The number of nitrogens with one attached hydrogen (secondary N) is 4. The highest BCUT2D eigenvalue weighted by Gasteiger charge is 2.32. The van der Waals surface area contributed by atoms with Gasteiger partial charge in [0.15, 0.2) is 0 Å². The first-order valence-electron chi connectivity index (χ1n) is 16.3. The predicted octanol–water partition coefficient (Wildman–Crippen LogP) is 4.04. The Hall–Kier alpha value is -4.94. The summed E-state index contributed by atoms with van der Waals surface area (Å²) in [6.45, 7) is 7.14. The highest BCUT2D eigenvalue weighted by Crippen LogP contribution is 2.25. The third kappa shape index (κ3) is 11.6. The number of carbonyl (C=O) groups excluding carboxylic acids is 4. The average Bonchev–Trinajstić information content (AvgIpc) is 3.10. The number of hydrogen-bond donors (Lipinski definition) is 5. The fourth-order valence-electron chi connectivity index (χ4n) is 5.30. The van der Waals surface area contributed by atoms with Crippen LogP contribution in [-0.2, 0) is 32.0 Å². The number of rotatable bonds is 16. The number of hydrogen-bond acceptors (Lipinski definition) is 8. The van der Waals surface area contributed by atoms with Crippen molar-refractivity contribution in [3.8, 4) is 11.1 Å². The van der Waals surface area contributed by atoms with Crippen LogP contribution in [0.15, 0.2) is 84.9 Å². The summed E-state index contributed by atoms with van der Waals surface area (Å²) < 4.78 is 9.50.